The molecule has 1 N–H and O–H groups in total. The number of rotatable bonds is 1. The van der Waals surface area contributed by atoms with E-state index in [-0.39, 0.29) is 11.1 Å². The van der Waals surface area contributed by atoms with Crippen molar-refractivity contribution in [2.45, 2.75) is 0 Å². The van der Waals surface area contributed by atoms with Crippen LogP contribution >= 0.6 is 0 Å². The molecule has 0 amide bonds. The Morgan fingerprint density at radius 2 is 2.36 bits per heavy atom. The minimum Gasteiger partial charge on any atom is -0.465 e. The number of aromatic amines is 1. The number of nitrogens with zero attached hydrogens (tertiary/aromatic N) is 1. The zero-order valence-electron chi connectivity index (χ0n) is 7.37. The molecule has 0 radical (unpaired) electrons. The second-order valence-corrected chi connectivity index (χ2v) is 2.72. The zero-order chi connectivity index (χ0) is 10.1. The molecular weight excluding hydrogens is 187 g/mol. The van der Waals surface area contributed by atoms with Gasteiger partial charge in [-0.2, -0.15) is 4.39 Å². The standard InChI is InChI=1S/C9H7FN2O2/c1-14-9(13)5-4-11-6-2-3-7(10)12-8(5)6/h2-4,11H,1H3. The number of pyridine rings is 1. The highest BCUT2D eigenvalue weighted by molar-refractivity contribution is 6.02. The predicted octanol–water partition coefficient (Wildman–Crippen LogP) is 1.49. The molecule has 0 bridgehead atoms. The zero-order valence-corrected chi connectivity index (χ0v) is 7.37. The molecule has 0 spiro atoms. The predicted molar refractivity (Wildman–Crippen MR) is 47.4 cm³/mol. The molecule has 0 saturated heterocycles. The van der Waals surface area contributed by atoms with E-state index >= 15 is 0 Å². The van der Waals surface area contributed by atoms with Crippen LogP contribution in [0.25, 0.3) is 11.0 Å². The minimum atomic E-state index is -0.623. The van der Waals surface area contributed by atoms with Crippen molar-refractivity contribution in [1.82, 2.24) is 9.97 Å². The van der Waals surface area contributed by atoms with Crippen LogP contribution in [-0.4, -0.2) is 23.0 Å². The third-order valence-electron chi connectivity index (χ3n) is 1.89. The van der Waals surface area contributed by atoms with Crippen LogP contribution in [0.15, 0.2) is 18.3 Å². The maximum atomic E-state index is 12.8. The molecule has 0 aromatic carbocycles. The Labute approximate surface area is 78.7 Å². The molecule has 4 nitrogen and oxygen atoms in total. The maximum absolute atomic E-state index is 12.8. The van der Waals surface area contributed by atoms with Crippen LogP contribution in [0.3, 0.4) is 0 Å². The number of nitrogens with one attached hydrogen (secondary N) is 1. The van der Waals surface area contributed by atoms with Gasteiger partial charge in [-0.1, -0.05) is 0 Å². The Bertz CT molecular complexity index is 493. The highest BCUT2D eigenvalue weighted by atomic mass is 19.1. The maximum Gasteiger partial charge on any atom is 0.341 e. The highest BCUT2D eigenvalue weighted by Gasteiger charge is 2.13. The lowest BCUT2D eigenvalue weighted by Gasteiger charge is -1.95. The van der Waals surface area contributed by atoms with E-state index < -0.39 is 11.9 Å². The van der Waals surface area contributed by atoms with Crippen molar-refractivity contribution in [3.63, 3.8) is 0 Å². The van der Waals surface area contributed by atoms with E-state index in [2.05, 4.69) is 14.7 Å². The molecule has 0 aliphatic rings. The number of ether oxygens (including phenoxy) is 1. The van der Waals surface area contributed by atoms with E-state index in [1.807, 2.05) is 0 Å². The van der Waals surface area contributed by atoms with E-state index in [1.165, 1.54) is 25.4 Å². The van der Waals surface area contributed by atoms with Gasteiger partial charge >= 0.3 is 5.97 Å². The molecule has 5 heteroatoms. The molecule has 2 aromatic rings. The van der Waals surface area contributed by atoms with Crippen LogP contribution in [0, 0.1) is 5.95 Å². The van der Waals surface area contributed by atoms with Gasteiger partial charge in [-0.05, 0) is 12.1 Å². The van der Waals surface area contributed by atoms with Crippen LogP contribution in [-0.2, 0) is 4.74 Å². The molecule has 0 atom stereocenters. The summed E-state index contributed by atoms with van der Waals surface area (Å²) in [6.07, 6.45) is 1.45. The fraction of sp³-hybridized carbons (Fsp3) is 0.111. The second-order valence-electron chi connectivity index (χ2n) is 2.72. The molecule has 0 unspecified atom stereocenters. The van der Waals surface area contributed by atoms with Crippen molar-refractivity contribution in [3.8, 4) is 0 Å². The third-order valence-corrected chi connectivity index (χ3v) is 1.89. The van der Waals surface area contributed by atoms with Crippen LogP contribution in [0.2, 0.25) is 0 Å². The SMILES string of the molecule is COC(=O)c1c[nH]c2ccc(F)nc12. The summed E-state index contributed by atoms with van der Waals surface area (Å²) in [4.78, 5) is 17.6. The fourth-order valence-corrected chi connectivity index (χ4v) is 1.24. The van der Waals surface area contributed by atoms with Gasteiger partial charge in [0.25, 0.3) is 0 Å². The van der Waals surface area contributed by atoms with Gasteiger partial charge in [-0.25, -0.2) is 9.78 Å². The molecule has 0 fully saturated rings. The molecule has 0 aliphatic carbocycles. The third kappa shape index (κ3) is 1.22. The van der Waals surface area contributed by atoms with Gasteiger partial charge < -0.3 is 9.72 Å². The fourth-order valence-electron chi connectivity index (χ4n) is 1.24. The van der Waals surface area contributed by atoms with Crippen molar-refractivity contribution in [3.05, 3.63) is 29.8 Å². The largest absolute Gasteiger partial charge is 0.465 e. The van der Waals surface area contributed by atoms with Gasteiger partial charge in [0.2, 0.25) is 5.95 Å². The number of hydrogen-bond donors (Lipinski definition) is 1. The Morgan fingerprint density at radius 3 is 3.07 bits per heavy atom. The number of aromatic nitrogens is 2. The van der Waals surface area contributed by atoms with Gasteiger partial charge in [-0.3, -0.25) is 0 Å². The van der Waals surface area contributed by atoms with E-state index in [0.29, 0.717) is 5.52 Å². The smallest absolute Gasteiger partial charge is 0.341 e. The first-order valence-corrected chi connectivity index (χ1v) is 3.94. The number of esters is 1. The van der Waals surface area contributed by atoms with E-state index in [9.17, 15) is 9.18 Å². The number of H-pyrrole nitrogens is 1. The molecule has 2 heterocycles. The molecular formula is C9H7FN2O2. The van der Waals surface area contributed by atoms with Gasteiger partial charge in [0.15, 0.2) is 0 Å². The summed E-state index contributed by atoms with van der Waals surface area (Å²) in [6, 6.07) is 2.74. The summed E-state index contributed by atoms with van der Waals surface area (Å²) in [6.45, 7) is 0. The topological polar surface area (TPSA) is 55.0 Å². The molecule has 14 heavy (non-hydrogen) atoms. The summed E-state index contributed by atoms with van der Waals surface area (Å²) in [5.41, 5.74) is 1.13. The van der Waals surface area contributed by atoms with Gasteiger partial charge in [0.1, 0.15) is 11.1 Å². The Hall–Kier alpha value is -1.91. The molecule has 2 aromatic heterocycles. The number of fused-ring (bicyclic) bond motifs is 1. The van der Waals surface area contributed by atoms with Crippen molar-refractivity contribution < 1.29 is 13.9 Å². The monoisotopic (exact) mass is 194 g/mol. The quantitative estimate of drug-likeness (QED) is 0.552. The van der Waals surface area contributed by atoms with E-state index in [4.69, 9.17) is 0 Å². The Balaban J connectivity index is 2.67. The number of carbonyl (C=O) groups excluding carboxylic acids is 1. The Morgan fingerprint density at radius 1 is 1.57 bits per heavy atom. The van der Waals surface area contributed by atoms with Crippen molar-refractivity contribution in [2.75, 3.05) is 7.11 Å². The van der Waals surface area contributed by atoms with Crippen molar-refractivity contribution in [2.24, 2.45) is 0 Å². The first-order chi connectivity index (χ1) is 6.72. The summed E-state index contributed by atoms with van der Waals surface area (Å²) in [7, 11) is 1.26. The highest BCUT2D eigenvalue weighted by Crippen LogP contribution is 2.16. The molecule has 72 valence electrons. The Kier molecular flexibility index (Phi) is 1.92. The average Bonchev–Trinajstić information content (AvgIpc) is 2.59. The number of methoxy groups -OCH3 is 1. The molecule has 0 saturated carbocycles. The normalized spacial score (nSPS) is 10.4. The van der Waals surface area contributed by atoms with Crippen LogP contribution < -0.4 is 0 Å². The lowest BCUT2D eigenvalue weighted by atomic mass is 10.3. The van der Waals surface area contributed by atoms with Gasteiger partial charge in [-0.15, -0.1) is 0 Å². The lowest BCUT2D eigenvalue weighted by Crippen LogP contribution is -2.00. The summed E-state index contributed by atoms with van der Waals surface area (Å²) in [5, 5.41) is 0. The molecule has 2 rings (SSSR count). The first kappa shape index (κ1) is 8.68. The van der Waals surface area contributed by atoms with Crippen LogP contribution in [0.4, 0.5) is 4.39 Å². The van der Waals surface area contributed by atoms with E-state index in [0.717, 1.165) is 0 Å². The summed E-state index contributed by atoms with van der Waals surface area (Å²) >= 11 is 0. The number of hydrogen-bond acceptors (Lipinski definition) is 3. The van der Waals surface area contributed by atoms with Gasteiger partial charge in [0, 0.05) is 6.20 Å². The average molecular weight is 194 g/mol. The van der Waals surface area contributed by atoms with Crippen molar-refractivity contribution in [1.29, 1.82) is 0 Å². The van der Waals surface area contributed by atoms with Gasteiger partial charge in [0.05, 0.1) is 12.6 Å². The second kappa shape index (κ2) is 3.10. The number of carbonyl (C=O) groups is 1. The lowest BCUT2D eigenvalue weighted by molar-refractivity contribution is 0.0603. The first-order valence-electron chi connectivity index (χ1n) is 3.94. The minimum absolute atomic E-state index is 0.238. The van der Waals surface area contributed by atoms with Crippen LogP contribution in [0.1, 0.15) is 10.4 Å². The van der Waals surface area contributed by atoms with Crippen LogP contribution in [0.5, 0.6) is 0 Å². The van der Waals surface area contributed by atoms with Crippen molar-refractivity contribution >= 4 is 17.0 Å². The summed E-state index contributed by atoms with van der Waals surface area (Å²) < 4.78 is 17.3. The summed E-state index contributed by atoms with van der Waals surface area (Å²) in [5.74, 6) is -1.16. The van der Waals surface area contributed by atoms with E-state index in [1.54, 1.807) is 0 Å². The number of halogens is 1. The molecule has 0 aliphatic heterocycles.